The molecule has 0 saturated carbocycles. The number of aryl methyl sites for hydroxylation is 1. The van der Waals surface area contributed by atoms with Gasteiger partial charge in [0.2, 0.25) is 0 Å². The minimum absolute atomic E-state index is 0.175. The predicted octanol–water partition coefficient (Wildman–Crippen LogP) is 4.67. The first kappa shape index (κ1) is 20.7. The summed E-state index contributed by atoms with van der Waals surface area (Å²) < 4.78 is 10.8. The molecule has 3 amide bonds. The van der Waals surface area contributed by atoms with Gasteiger partial charge in [0.15, 0.2) is 18.1 Å². The van der Waals surface area contributed by atoms with Crippen LogP contribution in [0, 0.1) is 6.92 Å². The fourth-order valence-corrected chi connectivity index (χ4v) is 2.72. The van der Waals surface area contributed by atoms with Crippen LogP contribution in [0.4, 0.5) is 21.9 Å². The lowest BCUT2D eigenvalue weighted by molar-refractivity contribution is -0.118. The molecule has 0 unspecified atom stereocenters. The van der Waals surface area contributed by atoms with E-state index in [1.165, 1.54) is 0 Å². The number of carbonyl (C=O) groups is 2. The van der Waals surface area contributed by atoms with Gasteiger partial charge in [-0.25, -0.2) is 4.79 Å². The van der Waals surface area contributed by atoms with Gasteiger partial charge >= 0.3 is 6.03 Å². The van der Waals surface area contributed by atoms with E-state index in [1.807, 2.05) is 37.3 Å². The summed E-state index contributed by atoms with van der Waals surface area (Å²) in [5.41, 5.74) is 2.80. The summed E-state index contributed by atoms with van der Waals surface area (Å²) in [6, 6.07) is 21.1. The maximum absolute atomic E-state index is 12.3. The van der Waals surface area contributed by atoms with E-state index < -0.39 is 0 Å². The van der Waals surface area contributed by atoms with Crippen molar-refractivity contribution < 1.29 is 19.1 Å². The van der Waals surface area contributed by atoms with Crippen LogP contribution in [0.1, 0.15) is 5.56 Å². The topological polar surface area (TPSA) is 88.7 Å². The highest BCUT2D eigenvalue weighted by molar-refractivity contribution is 6.00. The Bertz CT molecular complexity index is 1020. The number of nitrogens with one attached hydrogen (secondary N) is 3. The molecule has 0 radical (unpaired) electrons. The number of urea groups is 1. The number of ether oxygens (including phenoxy) is 2. The summed E-state index contributed by atoms with van der Waals surface area (Å²) in [6.07, 6.45) is 0. The van der Waals surface area contributed by atoms with E-state index in [-0.39, 0.29) is 18.5 Å². The van der Waals surface area contributed by atoms with Crippen molar-refractivity contribution >= 4 is 29.0 Å². The van der Waals surface area contributed by atoms with Gasteiger partial charge < -0.3 is 25.4 Å². The van der Waals surface area contributed by atoms with Gasteiger partial charge in [0.05, 0.1) is 7.11 Å². The van der Waals surface area contributed by atoms with E-state index in [0.717, 1.165) is 5.56 Å². The molecule has 0 aliphatic rings. The number of amides is 3. The van der Waals surface area contributed by atoms with Gasteiger partial charge in [-0.1, -0.05) is 30.3 Å². The van der Waals surface area contributed by atoms with E-state index in [1.54, 1.807) is 49.6 Å². The van der Waals surface area contributed by atoms with Gasteiger partial charge in [-0.3, -0.25) is 4.79 Å². The van der Waals surface area contributed by atoms with Gasteiger partial charge in [0, 0.05) is 17.1 Å². The predicted molar refractivity (Wildman–Crippen MR) is 117 cm³/mol. The van der Waals surface area contributed by atoms with Crippen LogP contribution in [0.25, 0.3) is 0 Å². The van der Waals surface area contributed by atoms with Crippen molar-refractivity contribution in [2.75, 3.05) is 29.7 Å². The number of benzene rings is 3. The van der Waals surface area contributed by atoms with E-state index in [4.69, 9.17) is 9.47 Å². The highest BCUT2D eigenvalue weighted by Gasteiger charge is 2.09. The van der Waals surface area contributed by atoms with Crippen molar-refractivity contribution in [2.45, 2.75) is 6.92 Å². The molecule has 30 heavy (non-hydrogen) atoms. The highest BCUT2D eigenvalue weighted by atomic mass is 16.5. The Morgan fingerprint density at radius 3 is 2.17 bits per heavy atom. The van der Waals surface area contributed by atoms with Crippen LogP contribution in [0.3, 0.4) is 0 Å². The van der Waals surface area contributed by atoms with Gasteiger partial charge in [-0.05, 0) is 55.0 Å². The SMILES string of the molecule is COc1cc(C)ccc1OCC(=O)Nc1cccc(NC(=O)Nc2ccccc2)c1. The molecule has 0 spiro atoms. The molecule has 0 aliphatic heterocycles. The van der Waals surface area contributed by atoms with Gasteiger partial charge in [-0.15, -0.1) is 0 Å². The molecule has 3 aromatic rings. The summed E-state index contributed by atoms with van der Waals surface area (Å²) in [7, 11) is 1.55. The van der Waals surface area contributed by atoms with Gasteiger partial charge in [0.1, 0.15) is 0 Å². The second kappa shape index (κ2) is 9.97. The summed E-state index contributed by atoms with van der Waals surface area (Å²) in [6.45, 7) is 1.77. The summed E-state index contributed by atoms with van der Waals surface area (Å²) >= 11 is 0. The molecule has 7 heteroatoms. The molecule has 0 saturated heterocycles. The normalized spacial score (nSPS) is 10.1. The van der Waals surface area contributed by atoms with Crippen LogP contribution in [0.2, 0.25) is 0 Å². The van der Waals surface area contributed by atoms with Crippen LogP contribution in [0.5, 0.6) is 11.5 Å². The quantitative estimate of drug-likeness (QED) is 0.533. The van der Waals surface area contributed by atoms with E-state index in [0.29, 0.717) is 28.6 Å². The van der Waals surface area contributed by atoms with Crippen molar-refractivity contribution in [3.05, 3.63) is 78.4 Å². The molecule has 3 rings (SSSR count). The van der Waals surface area contributed by atoms with Crippen molar-refractivity contribution in [1.82, 2.24) is 0 Å². The molecule has 7 nitrogen and oxygen atoms in total. The van der Waals surface area contributed by atoms with Gasteiger partial charge in [-0.2, -0.15) is 0 Å². The molecule has 0 aromatic heterocycles. The first-order chi connectivity index (χ1) is 14.5. The molecule has 0 fully saturated rings. The first-order valence-corrected chi connectivity index (χ1v) is 9.34. The molecule has 154 valence electrons. The third kappa shape index (κ3) is 6.00. The first-order valence-electron chi connectivity index (χ1n) is 9.34. The standard InChI is InChI=1S/C23H23N3O4/c1-16-11-12-20(21(13-16)29-2)30-15-22(27)24-18-9-6-10-19(14-18)26-23(28)25-17-7-4-3-5-8-17/h3-14H,15H2,1-2H3,(H,24,27)(H2,25,26,28). The van der Waals surface area contributed by atoms with Crippen LogP contribution >= 0.6 is 0 Å². The Kier molecular flexibility index (Phi) is 6.89. The van der Waals surface area contributed by atoms with Crippen LogP contribution in [0.15, 0.2) is 72.8 Å². The van der Waals surface area contributed by atoms with Crippen molar-refractivity contribution in [3.8, 4) is 11.5 Å². The largest absolute Gasteiger partial charge is 0.493 e. The summed E-state index contributed by atoms with van der Waals surface area (Å²) in [4.78, 5) is 24.4. The van der Waals surface area contributed by atoms with Gasteiger partial charge in [0.25, 0.3) is 5.91 Å². The number of para-hydroxylation sites is 1. The van der Waals surface area contributed by atoms with Crippen molar-refractivity contribution in [3.63, 3.8) is 0 Å². The zero-order valence-electron chi connectivity index (χ0n) is 16.8. The summed E-state index contributed by atoms with van der Waals surface area (Å²) in [5, 5.41) is 8.22. The number of carbonyl (C=O) groups excluding carboxylic acids is 2. The number of methoxy groups -OCH3 is 1. The lowest BCUT2D eigenvalue weighted by atomic mass is 10.2. The molecule has 0 atom stereocenters. The molecular weight excluding hydrogens is 382 g/mol. The highest BCUT2D eigenvalue weighted by Crippen LogP contribution is 2.27. The number of rotatable bonds is 7. The minimum atomic E-state index is -0.375. The molecule has 3 N–H and O–H groups in total. The maximum atomic E-state index is 12.3. The third-order valence-electron chi connectivity index (χ3n) is 4.11. The maximum Gasteiger partial charge on any atom is 0.323 e. The zero-order valence-corrected chi connectivity index (χ0v) is 16.8. The van der Waals surface area contributed by atoms with Crippen LogP contribution < -0.4 is 25.4 Å². The van der Waals surface area contributed by atoms with E-state index in [2.05, 4.69) is 16.0 Å². The Hall–Kier alpha value is -4.00. The Morgan fingerprint density at radius 1 is 0.767 bits per heavy atom. The fourth-order valence-electron chi connectivity index (χ4n) is 2.72. The number of hydrogen-bond acceptors (Lipinski definition) is 4. The molecule has 3 aromatic carbocycles. The monoisotopic (exact) mass is 405 g/mol. The Labute approximate surface area is 175 Å². The fraction of sp³-hybridized carbons (Fsp3) is 0.130. The Balaban J connectivity index is 1.54. The minimum Gasteiger partial charge on any atom is -0.493 e. The zero-order chi connectivity index (χ0) is 21.3. The second-order valence-corrected chi connectivity index (χ2v) is 6.52. The second-order valence-electron chi connectivity index (χ2n) is 6.52. The molecule has 0 bridgehead atoms. The van der Waals surface area contributed by atoms with Crippen molar-refractivity contribution in [2.24, 2.45) is 0 Å². The van der Waals surface area contributed by atoms with E-state index >= 15 is 0 Å². The van der Waals surface area contributed by atoms with Crippen LogP contribution in [-0.2, 0) is 4.79 Å². The third-order valence-corrected chi connectivity index (χ3v) is 4.11. The number of anilines is 3. The Morgan fingerprint density at radius 2 is 1.43 bits per heavy atom. The molecular formula is C23H23N3O4. The number of hydrogen-bond donors (Lipinski definition) is 3. The van der Waals surface area contributed by atoms with E-state index in [9.17, 15) is 9.59 Å². The molecule has 0 heterocycles. The van der Waals surface area contributed by atoms with Crippen molar-refractivity contribution in [1.29, 1.82) is 0 Å². The van der Waals surface area contributed by atoms with Crippen LogP contribution in [-0.4, -0.2) is 25.7 Å². The smallest absolute Gasteiger partial charge is 0.323 e. The lowest BCUT2D eigenvalue weighted by Crippen LogP contribution is -2.21. The average molecular weight is 405 g/mol. The average Bonchev–Trinajstić information content (AvgIpc) is 2.73. The lowest BCUT2D eigenvalue weighted by Gasteiger charge is -2.12. The summed E-state index contributed by atoms with van der Waals surface area (Å²) in [5.74, 6) is 0.730. The molecule has 0 aliphatic carbocycles.